The van der Waals surface area contributed by atoms with Crippen LogP contribution in [0.4, 0.5) is 0 Å². The van der Waals surface area contributed by atoms with E-state index in [-0.39, 0.29) is 11.2 Å². The van der Waals surface area contributed by atoms with Crippen molar-refractivity contribution in [3.8, 4) is 0 Å². The number of nitrogens with zero attached hydrogens (tertiary/aromatic N) is 1. The van der Waals surface area contributed by atoms with Crippen LogP contribution in [0.1, 0.15) is 68.2 Å². The lowest BCUT2D eigenvalue weighted by molar-refractivity contribution is -0.180. The molecule has 126 valence electrons. The van der Waals surface area contributed by atoms with Crippen molar-refractivity contribution in [1.29, 1.82) is 0 Å². The summed E-state index contributed by atoms with van der Waals surface area (Å²) in [6.07, 6.45) is 2.40. The van der Waals surface area contributed by atoms with E-state index in [9.17, 15) is 0 Å². The molecule has 1 atom stereocenters. The first-order valence-electron chi connectivity index (χ1n) is 8.61. The van der Waals surface area contributed by atoms with Gasteiger partial charge in [-0.25, -0.2) is 0 Å². The van der Waals surface area contributed by atoms with Crippen molar-refractivity contribution in [2.75, 3.05) is 26.2 Å². The monoisotopic (exact) mass is 298 g/mol. The van der Waals surface area contributed by atoms with Crippen molar-refractivity contribution in [3.63, 3.8) is 0 Å². The summed E-state index contributed by atoms with van der Waals surface area (Å²) in [5, 5.41) is 3.73. The van der Waals surface area contributed by atoms with Crippen LogP contribution < -0.4 is 5.32 Å². The summed E-state index contributed by atoms with van der Waals surface area (Å²) in [7, 11) is 0. The van der Waals surface area contributed by atoms with Crippen LogP contribution in [0.2, 0.25) is 0 Å². The lowest BCUT2D eigenvalue weighted by atomic mass is 9.84. The fraction of sp³-hybridized carbons (Fsp3) is 1.00. The number of hydrogen-bond donors (Lipinski definition) is 1. The van der Waals surface area contributed by atoms with Gasteiger partial charge in [-0.05, 0) is 59.0 Å². The van der Waals surface area contributed by atoms with Crippen molar-refractivity contribution < 1.29 is 4.74 Å². The molecule has 1 unspecified atom stereocenters. The van der Waals surface area contributed by atoms with E-state index in [4.69, 9.17) is 4.74 Å². The van der Waals surface area contributed by atoms with Gasteiger partial charge in [0.1, 0.15) is 0 Å². The summed E-state index contributed by atoms with van der Waals surface area (Å²) in [5.74, 6) is 0. The second kappa shape index (κ2) is 6.97. The predicted octanol–water partition coefficient (Wildman–Crippen LogP) is 3.68. The zero-order valence-electron chi connectivity index (χ0n) is 15.7. The van der Waals surface area contributed by atoms with Gasteiger partial charge in [0.05, 0.1) is 11.2 Å². The van der Waals surface area contributed by atoms with Gasteiger partial charge in [-0.15, -0.1) is 0 Å². The number of morpholine rings is 1. The van der Waals surface area contributed by atoms with Gasteiger partial charge in [0.25, 0.3) is 0 Å². The average molecular weight is 299 g/mol. The Morgan fingerprint density at radius 2 is 1.62 bits per heavy atom. The molecule has 0 bridgehead atoms. The number of hydrogen-bond acceptors (Lipinski definition) is 3. The molecule has 0 aromatic rings. The standard InChI is InChI=1S/C18H38N2O/c1-9-11-19-15(16(2,3)4)10-12-20-13-17(5,6)21-18(7,8)14-20/h15,19H,9-14H2,1-8H3. The van der Waals surface area contributed by atoms with E-state index in [1.54, 1.807) is 0 Å². The van der Waals surface area contributed by atoms with E-state index in [0.29, 0.717) is 11.5 Å². The van der Waals surface area contributed by atoms with E-state index in [1.807, 2.05) is 0 Å². The number of rotatable bonds is 6. The fourth-order valence-electron chi connectivity index (χ4n) is 3.58. The first-order valence-corrected chi connectivity index (χ1v) is 8.61. The van der Waals surface area contributed by atoms with Crippen molar-refractivity contribution in [2.45, 2.75) is 85.5 Å². The van der Waals surface area contributed by atoms with Gasteiger partial charge in [-0.1, -0.05) is 27.7 Å². The van der Waals surface area contributed by atoms with E-state index < -0.39 is 0 Å². The molecular weight excluding hydrogens is 260 g/mol. The smallest absolute Gasteiger partial charge is 0.0760 e. The zero-order valence-corrected chi connectivity index (χ0v) is 15.7. The Balaban J connectivity index is 2.58. The molecule has 1 fully saturated rings. The molecule has 1 aliphatic rings. The summed E-state index contributed by atoms with van der Waals surface area (Å²) in [6, 6.07) is 0.575. The van der Waals surface area contributed by atoms with Gasteiger partial charge < -0.3 is 10.1 Å². The predicted molar refractivity (Wildman–Crippen MR) is 91.8 cm³/mol. The Kier molecular flexibility index (Phi) is 6.28. The summed E-state index contributed by atoms with van der Waals surface area (Å²) >= 11 is 0. The highest BCUT2D eigenvalue weighted by molar-refractivity contribution is 4.90. The normalized spacial score (nSPS) is 24.0. The average Bonchev–Trinajstić information content (AvgIpc) is 2.22. The van der Waals surface area contributed by atoms with Crippen LogP contribution >= 0.6 is 0 Å². The Hall–Kier alpha value is -0.120. The number of ether oxygens (including phenoxy) is 1. The second-order valence-electron chi connectivity index (χ2n) is 8.99. The van der Waals surface area contributed by atoms with Crippen LogP contribution in [0.25, 0.3) is 0 Å². The SMILES string of the molecule is CCCNC(CCN1CC(C)(C)OC(C)(C)C1)C(C)(C)C. The van der Waals surface area contributed by atoms with Gasteiger partial charge in [-0.2, -0.15) is 0 Å². The van der Waals surface area contributed by atoms with E-state index in [1.165, 1.54) is 12.8 Å². The molecule has 0 aromatic heterocycles. The first-order chi connectivity index (χ1) is 9.45. The van der Waals surface area contributed by atoms with Crippen LogP contribution in [-0.4, -0.2) is 48.3 Å². The third-order valence-corrected chi connectivity index (χ3v) is 4.18. The van der Waals surface area contributed by atoms with Gasteiger partial charge in [0.2, 0.25) is 0 Å². The number of nitrogens with one attached hydrogen (secondary N) is 1. The minimum Gasteiger partial charge on any atom is -0.367 e. The van der Waals surface area contributed by atoms with Crippen molar-refractivity contribution in [2.24, 2.45) is 5.41 Å². The molecule has 1 N–H and O–H groups in total. The molecule has 21 heavy (non-hydrogen) atoms. The lowest BCUT2D eigenvalue weighted by Crippen LogP contribution is -2.57. The third kappa shape index (κ3) is 6.66. The lowest BCUT2D eigenvalue weighted by Gasteiger charge is -2.47. The molecule has 0 amide bonds. The molecule has 1 rings (SSSR count). The topological polar surface area (TPSA) is 24.5 Å². The van der Waals surface area contributed by atoms with Crippen molar-refractivity contribution >= 4 is 0 Å². The van der Waals surface area contributed by atoms with Gasteiger partial charge in [0.15, 0.2) is 0 Å². The molecule has 0 spiro atoms. The van der Waals surface area contributed by atoms with Crippen LogP contribution in [-0.2, 0) is 4.74 Å². The molecule has 1 saturated heterocycles. The largest absolute Gasteiger partial charge is 0.367 e. The van der Waals surface area contributed by atoms with E-state index >= 15 is 0 Å². The second-order valence-corrected chi connectivity index (χ2v) is 8.99. The Bertz CT molecular complexity index is 302. The van der Waals surface area contributed by atoms with Gasteiger partial charge in [0, 0.05) is 19.1 Å². The van der Waals surface area contributed by atoms with Crippen LogP contribution in [0.5, 0.6) is 0 Å². The zero-order chi connectivity index (χ0) is 16.3. The highest BCUT2D eigenvalue weighted by Gasteiger charge is 2.38. The van der Waals surface area contributed by atoms with E-state index in [2.05, 4.69) is 65.6 Å². The maximum absolute atomic E-state index is 6.17. The molecule has 1 heterocycles. The highest BCUT2D eigenvalue weighted by atomic mass is 16.5. The molecule has 0 aromatic carbocycles. The molecular formula is C18H38N2O. The van der Waals surface area contributed by atoms with Crippen molar-refractivity contribution in [1.82, 2.24) is 10.2 Å². The summed E-state index contributed by atoms with van der Waals surface area (Å²) in [6.45, 7) is 22.4. The quantitative estimate of drug-likeness (QED) is 0.809. The molecule has 0 saturated carbocycles. The van der Waals surface area contributed by atoms with E-state index in [0.717, 1.165) is 26.2 Å². The first kappa shape index (κ1) is 18.9. The summed E-state index contributed by atoms with van der Waals surface area (Å²) in [4.78, 5) is 2.58. The third-order valence-electron chi connectivity index (χ3n) is 4.18. The Morgan fingerprint density at radius 1 is 1.10 bits per heavy atom. The Morgan fingerprint density at radius 3 is 2.05 bits per heavy atom. The Labute approximate surface area is 132 Å². The van der Waals surface area contributed by atoms with Crippen LogP contribution in [0.3, 0.4) is 0 Å². The molecule has 1 aliphatic heterocycles. The maximum Gasteiger partial charge on any atom is 0.0760 e. The van der Waals surface area contributed by atoms with Gasteiger partial charge in [-0.3, -0.25) is 4.90 Å². The maximum atomic E-state index is 6.17. The van der Waals surface area contributed by atoms with Crippen LogP contribution in [0, 0.1) is 5.41 Å². The van der Waals surface area contributed by atoms with Crippen molar-refractivity contribution in [3.05, 3.63) is 0 Å². The minimum absolute atomic E-state index is 0.0458. The van der Waals surface area contributed by atoms with Crippen LogP contribution in [0.15, 0.2) is 0 Å². The molecule has 3 nitrogen and oxygen atoms in total. The molecule has 0 aliphatic carbocycles. The summed E-state index contributed by atoms with van der Waals surface area (Å²) in [5.41, 5.74) is 0.220. The molecule has 3 heteroatoms. The summed E-state index contributed by atoms with van der Waals surface area (Å²) < 4.78 is 6.17. The highest BCUT2D eigenvalue weighted by Crippen LogP contribution is 2.29. The molecule has 0 radical (unpaired) electrons. The minimum atomic E-state index is -0.0458. The fourth-order valence-corrected chi connectivity index (χ4v) is 3.58. The van der Waals surface area contributed by atoms with Gasteiger partial charge >= 0.3 is 0 Å².